The van der Waals surface area contributed by atoms with Gasteiger partial charge < -0.3 is 9.52 Å². The Labute approximate surface area is 75.2 Å². The van der Waals surface area contributed by atoms with Crippen molar-refractivity contribution in [3.05, 3.63) is 24.2 Å². The minimum atomic E-state index is -1.83. The van der Waals surface area contributed by atoms with Crippen LogP contribution in [0.4, 0.5) is 4.39 Å². The molecule has 13 heavy (non-hydrogen) atoms. The van der Waals surface area contributed by atoms with E-state index in [1.165, 1.54) is 6.26 Å². The molecule has 2 atom stereocenters. The third-order valence-corrected chi connectivity index (χ3v) is 1.84. The number of carboxylic acid groups (broad SMARTS) is 1. The average molecular weight is 186 g/mol. The van der Waals surface area contributed by atoms with E-state index in [0.29, 0.717) is 12.2 Å². The van der Waals surface area contributed by atoms with E-state index < -0.39 is 18.1 Å². The summed E-state index contributed by atoms with van der Waals surface area (Å²) >= 11 is 0. The Balaban J connectivity index is 2.50. The van der Waals surface area contributed by atoms with Gasteiger partial charge in [-0.3, -0.25) is 0 Å². The van der Waals surface area contributed by atoms with Crippen LogP contribution >= 0.6 is 0 Å². The quantitative estimate of drug-likeness (QED) is 0.781. The summed E-state index contributed by atoms with van der Waals surface area (Å²) in [6.45, 7) is 1.54. The third kappa shape index (κ3) is 2.57. The number of carboxylic acids is 1. The van der Waals surface area contributed by atoms with E-state index >= 15 is 0 Å². The van der Waals surface area contributed by atoms with E-state index in [9.17, 15) is 9.18 Å². The van der Waals surface area contributed by atoms with Crippen molar-refractivity contribution < 1.29 is 18.7 Å². The van der Waals surface area contributed by atoms with Crippen LogP contribution in [-0.2, 0) is 11.2 Å². The summed E-state index contributed by atoms with van der Waals surface area (Å²) in [5, 5.41) is 8.38. The van der Waals surface area contributed by atoms with Gasteiger partial charge in [-0.25, -0.2) is 9.18 Å². The Morgan fingerprint density at radius 1 is 1.77 bits per heavy atom. The molecule has 72 valence electrons. The SMILES string of the molecule is CC(Cc1ccco1)C(F)C(=O)O. The van der Waals surface area contributed by atoms with Crippen molar-refractivity contribution in [3.8, 4) is 0 Å². The molecule has 4 heteroatoms. The van der Waals surface area contributed by atoms with Crippen LogP contribution in [0.2, 0.25) is 0 Å². The zero-order valence-corrected chi connectivity index (χ0v) is 7.24. The molecule has 2 unspecified atom stereocenters. The Kier molecular flexibility index (Phi) is 3.06. The largest absolute Gasteiger partial charge is 0.479 e. The predicted molar refractivity (Wildman–Crippen MR) is 44.1 cm³/mol. The maximum absolute atomic E-state index is 12.9. The molecule has 0 saturated heterocycles. The van der Waals surface area contributed by atoms with E-state index in [1.807, 2.05) is 0 Å². The molecule has 1 heterocycles. The van der Waals surface area contributed by atoms with Gasteiger partial charge in [0.15, 0.2) is 6.17 Å². The smallest absolute Gasteiger partial charge is 0.338 e. The van der Waals surface area contributed by atoms with Gasteiger partial charge in [-0.05, 0) is 12.1 Å². The van der Waals surface area contributed by atoms with Crippen molar-refractivity contribution in [3.63, 3.8) is 0 Å². The highest BCUT2D eigenvalue weighted by Gasteiger charge is 2.24. The van der Waals surface area contributed by atoms with E-state index in [0.717, 1.165) is 0 Å². The lowest BCUT2D eigenvalue weighted by Crippen LogP contribution is -2.24. The normalized spacial score (nSPS) is 15.2. The molecule has 0 saturated carbocycles. The fourth-order valence-corrected chi connectivity index (χ4v) is 1.09. The summed E-state index contributed by atoms with van der Waals surface area (Å²) < 4.78 is 17.8. The number of hydrogen-bond acceptors (Lipinski definition) is 2. The first-order valence-corrected chi connectivity index (χ1v) is 4.00. The molecular weight excluding hydrogens is 175 g/mol. The fourth-order valence-electron chi connectivity index (χ4n) is 1.09. The topological polar surface area (TPSA) is 50.4 Å². The molecule has 0 fully saturated rings. The van der Waals surface area contributed by atoms with Crippen LogP contribution < -0.4 is 0 Å². The van der Waals surface area contributed by atoms with Crippen molar-refractivity contribution in [1.82, 2.24) is 0 Å². The van der Waals surface area contributed by atoms with Gasteiger partial charge in [0.2, 0.25) is 0 Å². The summed E-state index contributed by atoms with van der Waals surface area (Å²) in [5.74, 6) is -1.38. The summed E-state index contributed by atoms with van der Waals surface area (Å²) in [6, 6.07) is 3.39. The predicted octanol–water partition coefficient (Wildman–Crippen LogP) is 1.88. The van der Waals surface area contributed by atoms with E-state index in [1.54, 1.807) is 19.1 Å². The van der Waals surface area contributed by atoms with Gasteiger partial charge in [-0.15, -0.1) is 0 Å². The van der Waals surface area contributed by atoms with E-state index in [2.05, 4.69) is 0 Å². The molecule has 0 amide bonds. The summed E-state index contributed by atoms with van der Waals surface area (Å²) in [6.07, 6.45) is -0.0404. The first-order chi connectivity index (χ1) is 6.11. The lowest BCUT2D eigenvalue weighted by atomic mass is 10.0. The Hall–Kier alpha value is -1.32. The Morgan fingerprint density at radius 2 is 2.46 bits per heavy atom. The molecule has 0 spiro atoms. The summed E-state index contributed by atoms with van der Waals surface area (Å²) in [5.41, 5.74) is 0. The zero-order chi connectivity index (χ0) is 9.84. The lowest BCUT2D eigenvalue weighted by Gasteiger charge is -2.10. The molecule has 0 aliphatic rings. The molecule has 1 aromatic rings. The van der Waals surface area contributed by atoms with Crippen molar-refractivity contribution in [2.24, 2.45) is 5.92 Å². The molecule has 0 aliphatic carbocycles. The lowest BCUT2D eigenvalue weighted by molar-refractivity contribution is -0.144. The van der Waals surface area contributed by atoms with Gasteiger partial charge in [-0.2, -0.15) is 0 Å². The second-order valence-electron chi connectivity index (χ2n) is 3.00. The number of rotatable bonds is 4. The van der Waals surface area contributed by atoms with Crippen LogP contribution in [0.3, 0.4) is 0 Å². The zero-order valence-electron chi connectivity index (χ0n) is 7.24. The van der Waals surface area contributed by atoms with Crippen molar-refractivity contribution in [1.29, 1.82) is 0 Å². The van der Waals surface area contributed by atoms with Gasteiger partial charge in [0.1, 0.15) is 5.76 Å². The molecule has 1 rings (SSSR count). The number of hydrogen-bond donors (Lipinski definition) is 1. The van der Waals surface area contributed by atoms with E-state index in [4.69, 9.17) is 9.52 Å². The number of furan rings is 1. The highest BCUT2D eigenvalue weighted by Crippen LogP contribution is 2.15. The minimum Gasteiger partial charge on any atom is -0.479 e. The van der Waals surface area contributed by atoms with Crippen LogP contribution in [0, 0.1) is 5.92 Å². The van der Waals surface area contributed by atoms with Crippen LogP contribution in [-0.4, -0.2) is 17.2 Å². The van der Waals surface area contributed by atoms with Gasteiger partial charge in [-0.1, -0.05) is 6.92 Å². The van der Waals surface area contributed by atoms with E-state index in [-0.39, 0.29) is 0 Å². The van der Waals surface area contributed by atoms with Crippen LogP contribution in [0.5, 0.6) is 0 Å². The number of aliphatic carboxylic acids is 1. The standard InChI is InChI=1S/C9H11FO3/c1-6(8(10)9(11)12)5-7-3-2-4-13-7/h2-4,6,8H,5H2,1H3,(H,11,12). The van der Waals surface area contributed by atoms with Gasteiger partial charge in [0, 0.05) is 12.3 Å². The van der Waals surface area contributed by atoms with Gasteiger partial charge in [0.05, 0.1) is 6.26 Å². The third-order valence-electron chi connectivity index (χ3n) is 1.84. The Bertz CT molecular complexity index is 268. The maximum Gasteiger partial charge on any atom is 0.338 e. The van der Waals surface area contributed by atoms with Crippen LogP contribution in [0.15, 0.2) is 22.8 Å². The van der Waals surface area contributed by atoms with Crippen LogP contribution in [0.25, 0.3) is 0 Å². The molecule has 0 radical (unpaired) electrons. The van der Waals surface area contributed by atoms with Crippen molar-refractivity contribution in [2.75, 3.05) is 0 Å². The second-order valence-corrected chi connectivity index (χ2v) is 3.00. The van der Waals surface area contributed by atoms with Crippen molar-refractivity contribution >= 4 is 5.97 Å². The molecule has 0 aromatic carbocycles. The maximum atomic E-state index is 12.9. The van der Waals surface area contributed by atoms with Gasteiger partial charge >= 0.3 is 5.97 Å². The number of alkyl halides is 1. The Morgan fingerprint density at radius 3 is 2.92 bits per heavy atom. The first kappa shape index (κ1) is 9.77. The minimum absolute atomic E-state index is 0.306. The van der Waals surface area contributed by atoms with Crippen LogP contribution in [0.1, 0.15) is 12.7 Å². The molecular formula is C9H11FO3. The number of halogens is 1. The summed E-state index contributed by atoms with van der Waals surface area (Å²) in [7, 11) is 0. The molecule has 1 aromatic heterocycles. The highest BCUT2D eigenvalue weighted by atomic mass is 19.1. The molecule has 0 aliphatic heterocycles. The first-order valence-electron chi connectivity index (χ1n) is 4.00. The van der Waals surface area contributed by atoms with Crippen molar-refractivity contribution in [2.45, 2.75) is 19.5 Å². The highest BCUT2D eigenvalue weighted by molar-refractivity contribution is 5.72. The fraction of sp³-hybridized carbons (Fsp3) is 0.444. The average Bonchev–Trinajstić information content (AvgIpc) is 2.55. The molecule has 0 bridgehead atoms. The number of carbonyl (C=O) groups is 1. The molecule has 1 N–H and O–H groups in total. The monoisotopic (exact) mass is 186 g/mol. The van der Waals surface area contributed by atoms with Gasteiger partial charge in [0.25, 0.3) is 0 Å². The molecule has 3 nitrogen and oxygen atoms in total. The second kappa shape index (κ2) is 4.07. The summed E-state index contributed by atoms with van der Waals surface area (Å²) in [4.78, 5) is 10.3.